The van der Waals surface area contributed by atoms with Crippen LogP contribution in [0.15, 0.2) is 0 Å². The largest absolute Gasteiger partial charge is 0.364 e. The molecule has 0 radical (unpaired) electrons. The molecule has 1 aliphatic heterocycles. The summed E-state index contributed by atoms with van der Waals surface area (Å²) in [6.07, 6.45) is 4.54. The van der Waals surface area contributed by atoms with Crippen molar-refractivity contribution in [3.8, 4) is 0 Å². The van der Waals surface area contributed by atoms with E-state index in [2.05, 4.69) is 43.6 Å². The Kier molecular flexibility index (Phi) is 1.86. The van der Waals surface area contributed by atoms with Gasteiger partial charge in [-0.25, -0.2) is 0 Å². The van der Waals surface area contributed by atoms with E-state index in [-0.39, 0.29) is 5.60 Å². The van der Waals surface area contributed by atoms with Crippen LogP contribution in [0.4, 0.5) is 0 Å². The molecule has 0 aromatic carbocycles. The van der Waals surface area contributed by atoms with Crippen molar-refractivity contribution in [1.29, 1.82) is 0 Å². The molecule has 1 heterocycles. The van der Waals surface area contributed by atoms with E-state index in [1.165, 1.54) is 19.3 Å². The minimum Gasteiger partial charge on any atom is -0.364 e. The highest BCUT2D eigenvalue weighted by atomic mass is 79.9. The summed E-state index contributed by atoms with van der Waals surface area (Å²) in [5.74, 6) is 2.63. The minimum absolute atomic E-state index is 0.194. The predicted molar refractivity (Wildman–Crippen MR) is 72.2 cm³/mol. The van der Waals surface area contributed by atoms with E-state index in [0.717, 1.165) is 17.8 Å². The number of fused-ring (bicyclic) bond motifs is 2. The molecule has 0 aromatic rings. The summed E-state index contributed by atoms with van der Waals surface area (Å²) in [5.41, 5.74) is 1.17. The molecule has 0 bridgehead atoms. The first-order valence-corrected chi connectivity index (χ1v) is 8.10. The lowest BCUT2D eigenvalue weighted by molar-refractivity contribution is -0.0113. The minimum atomic E-state index is 0.194. The molecule has 0 N–H and O–H groups in total. The van der Waals surface area contributed by atoms with Gasteiger partial charge in [-0.2, -0.15) is 0 Å². The van der Waals surface area contributed by atoms with E-state index >= 15 is 0 Å². The molecule has 4 rings (SSSR count). The van der Waals surface area contributed by atoms with Gasteiger partial charge >= 0.3 is 0 Å². The number of hydrogen-bond acceptors (Lipinski definition) is 1. The maximum atomic E-state index is 6.30. The molecule has 4 aliphatic rings. The van der Waals surface area contributed by atoms with Crippen LogP contribution in [0.1, 0.15) is 47.0 Å². The molecule has 96 valence electrons. The third-order valence-electron chi connectivity index (χ3n) is 7.11. The molecule has 0 unspecified atom stereocenters. The molecular weight excluding hydrogens is 276 g/mol. The first-order valence-electron chi connectivity index (χ1n) is 7.18. The monoisotopic (exact) mass is 298 g/mol. The Morgan fingerprint density at radius 3 is 2.59 bits per heavy atom. The van der Waals surface area contributed by atoms with Crippen molar-refractivity contribution in [2.75, 3.05) is 0 Å². The zero-order valence-corrected chi connectivity index (χ0v) is 12.9. The fraction of sp³-hybridized carbons (Fsp3) is 1.00. The summed E-state index contributed by atoms with van der Waals surface area (Å²) in [5, 5.41) is 0. The Bertz CT molecular complexity index is 392. The van der Waals surface area contributed by atoms with Crippen LogP contribution in [0.5, 0.6) is 0 Å². The molecule has 17 heavy (non-hydrogen) atoms. The van der Waals surface area contributed by atoms with Crippen LogP contribution in [0, 0.1) is 28.6 Å². The van der Waals surface area contributed by atoms with Crippen molar-refractivity contribution in [1.82, 2.24) is 0 Å². The van der Waals surface area contributed by atoms with Crippen molar-refractivity contribution in [3.63, 3.8) is 0 Å². The number of alkyl halides is 1. The Labute approximate surface area is 113 Å². The van der Waals surface area contributed by atoms with Gasteiger partial charge < -0.3 is 4.74 Å². The van der Waals surface area contributed by atoms with Gasteiger partial charge in [0, 0.05) is 10.2 Å². The Hall–Kier alpha value is 0.440. The van der Waals surface area contributed by atoms with Crippen molar-refractivity contribution in [2.45, 2.75) is 63.5 Å². The molecule has 0 aromatic heterocycles. The Morgan fingerprint density at radius 2 is 1.88 bits per heavy atom. The maximum Gasteiger partial charge on any atom is 0.113 e. The summed E-state index contributed by atoms with van der Waals surface area (Å²) in [6, 6.07) is 0. The standard InChI is InChI=1S/C15H23BrO/c1-8-5-6-10(16)15-11(17-15)7-9-12(13(9,2)3)14(8,15)4/h8-12H,5-7H2,1-4H3/t8-,9-,10+,11+,12+,14-,15+/m1/s1. The summed E-state index contributed by atoms with van der Waals surface area (Å²) < 4.78 is 6.30. The molecule has 1 saturated heterocycles. The van der Waals surface area contributed by atoms with Crippen LogP contribution in [0.25, 0.3) is 0 Å². The fourth-order valence-electron chi connectivity index (χ4n) is 5.96. The number of ether oxygens (including phenoxy) is 1. The van der Waals surface area contributed by atoms with Gasteiger partial charge in [0.15, 0.2) is 0 Å². The van der Waals surface area contributed by atoms with Crippen molar-refractivity contribution < 1.29 is 4.74 Å². The second-order valence-corrected chi connectivity index (χ2v) is 8.87. The zero-order valence-electron chi connectivity index (χ0n) is 11.3. The van der Waals surface area contributed by atoms with E-state index < -0.39 is 0 Å². The number of epoxide rings is 1. The highest BCUT2D eigenvalue weighted by Crippen LogP contribution is 2.82. The first kappa shape index (κ1) is 11.3. The smallest absolute Gasteiger partial charge is 0.113 e. The molecule has 1 nitrogen and oxygen atoms in total. The van der Waals surface area contributed by atoms with Crippen LogP contribution in [0.3, 0.4) is 0 Å². The number of hydrogen-bond donors (Lipinski definition) is 0. The highest BCUT2D eigenvalue weighted by Gasteiger charge is 2.85. The van der Waals surface area contributed by atoms with Crippen molar-refractivity contribution in [3.05, 3.63) is 0 Å². The maximum absolute atomic E-state index is 6.30. The molecule has 0 amide bonds. The van der Waals surface area contributed by atoms with Gasteiger partial charge in [-0.05, 0) is 42.4 Å². The van der Waals surface area contributed by atoms with E-state index in [0.29, 0.717) is 21.8 Å². The quantitative estimate of drug-likeness (QED) is 0.486. The normalized spacial score (nSPS) is 66.5. The van der Waals surface area contributed by atoms with Gasteiger partial charge in [-0.3, -0.25) is 0 Å². The van der Waals surface area contributed by atoms with Gasteiger partial charge in [-0.1, -0.05) is 43.6 Å². The SMILES string of the molecule is C[C@@H]1CC[C@H](Br)[C@]23O[C@H]2C[C@@H]2[C@@H](C2(C)C)[C@@]13C. The van der Waals surface area contributed by atoms with Gasteiger partial charge in [0.25, 0.3) is 0 Å². The van der Waals surface area contributed by atoms with Crippen molar-refractivity contribution in [2.24, 2.45) is 28.6 Å². The van der Waals surface area contributed by atoms with Crippen LogP contribution in [-0.2, 0) is 4.74 Å². The lowest BCUT2D eigenvalue weighted by Gasteiger charge is -2.50. The third kappa shape index (κ3) is 0.970. The predicted octanol–water partition coefficient (Wildman–Crippen LogP) is 4.00. The number of rotatable bonds is 0. The summed E-state index contributed by atoms with van der Waals surface area (Å²) >= 11 is 3.95. The van der Waals surface area contributed by atoms with E-state index in [1.54, 1.807) is 0 Å². The average Bonchev–Trinajstić information content (AvgIpc) is 3.10. The molecule has 3 aliphatic carbocycles. The van der Waals surface area contributed by atoms with Gasteiger partial charge in [0.2, 0.25) is 0 Å². The van der Waals surface area contributed by atoms with Gasteiger partial charge in [0.05, 0.1) is 6.10 Å². The molecule has 1 spiro atoms. The third-order valence-corrected chi connectivity index (χ3v) is 8.25. The van der Waals surface area contributed by atoms with Crippen LogP contribution >= 0.6 is 15.9 Å². The van der Waals surface area contributed by atoms with Crippen molar-refractivity contribution >= 4 is 15.9 Å². The second kappa shape index (κ2) is 2.80. The molecule has 7 atom stereocenters. The van der Waals surface area contributed by atoms with E-state index in [1.807, 2.05) is 0 Å². The lowest BCUT2D eigenvalue weighted by atomic mass is 9.54. The zero-order chi connectivity index (χ0) is 12.2. The van der Waals surface area contributed by atoms with E-state index in [9.17, 15) is 0 Å². The molecule has 4 fully saturated rings. The van der Waals surface area contributed by atoms with Gasteiger partial charge in [0.1, 0.15) is 5.60 Å². The summed E-state index contributed by atoms with van der Waals surface area (Å²) in [6.45, 7) is 9.97. The number of halogens is 1. The second-order valence-electron chi connectivity index (χ2n) is 7.77. The molecule has 2 heteroatoms. The molecule has 3 saturated carbocycles. The highest BCUT2D eigenvalue weighted by molar-refractivity contribution is 9.09. The van der Waals surface area contributed by atoms with Crippen LogP contribution < -0.4 is 0 Å². The average molecular weight is 299 g/mol. The first-order chi connectivity index (χ1) is 7.86. The van der Waals surface area contributed by atoms with E-state index in [4.69, 9.17) is 4.74 Å². The molecular formula is C15H23BrO. The summed E-state index contributed by atoms with van der Waals surface area (Å²) in [4.78, 5) is 0.596. The topological polar surface area (TPSA) is 12.5 Å². The van der Waals surface area contributed by atoms with Crippen LogP contribution in [0.2, 0.25) is 0 Å². The van der Waals surface area contributed by atoms with Crippen LogP contribution in [-0.4, -0.2) is 16.5 Å². The Morgan fingerprint density at radius 1 is 1.18 bits per heavy atom. The Balaban J connectivity index is 1.83. The lowest BCUT2D eigenvalue weighted by Crippen LogP contribution is -2.55. The fourth-order valence-corrected chi connectivity index (χ4v) is 7.12. The van der Waals surface area contributed by atoms with Gasteiger partial charge in [-0.15, -0.1) is 0 Å². The summed E-state index contributed by atoms with van der Waals surface area (Å²) in [7, 11) is 0.